The molecule has 1 fully saturated rings. The van der Waals surface area contributed by atoms with Crippen LogP contribution in [0.1, 0.15) is 30.4 Å². The lowest BCUT2D eigenvalue weighted by Crippen LogP contribution is -2.41. The van der Waals surface area contributed by atoms with Gasteiger partial charge in [-0.2, -0.15) is 0 Å². The Kier molecular flexibility index (Phi) is 6.21. The summed E-state index contributed by atoms with van der Waals surface area (Å²) in [4.78, 5) is 14.2. The number of aryl methyl sites for hydroxylation is 1. The summed E-state index contributed by atoms with van der Waals surface area (Å²) in [6, 6.07) is 8.13. The molecule has 0 aliphatic carbocycles. The van der Waals surface area contributed by atoms with Gasteiger partial charge in [0.15, 0.2) is 0 Å². The second-order valence-electron chi connectivity index (χ2n) is 5.69. The Labute approximate surface area is 126 Å². The van der Waals surface area contributed by atoms with E-state index >= 15 is 0 Å². The van der Waals surface area contributed by atoms with Gasteiger partial charge in [0.25, 0.3) is 0 Å². The molecule has 1 amide bonds. The molecule has 0 aromatic heterocycles. The first kappa shape index (κ1) is 16.0. The van der Waals surface area contributed by atoms with E-state index in [2.05, 4.69) is 6.07 Å². The maximum absolute atomic E-state index is 12.3. The molecular formula is C17H25NO3. The van der Waals surface area contributed by atoms with Gasteiger partial charge in [-0.25, -0.2) is 0 Å². The van der Waals surface area contributed by atoms with E-state index < -0.39 is 0 Å². The van der Waals surface area contributed by atoms with E-state index in [1.807, 2.05) is 30.0 Å². The standard InChI is InChI=1S/C17H25NO3/c1-14-4-2-5-15(12-14)13-17(20)18-8-6-16(7-9-18)21-11-3-10-19/h2,4-5,12,16,19H,3,6-11,13H2,1H3. The highest BCUT2D eigenvalue weighted by Gasteiger charge is 2.23. The fourth-order valence-electron chi connectivity index (χ4n) is 2.69. The predicted octanol–water partition coefficient (Wildman–Crippen LogP) is 1.93. The summed E-state index contributed by atoms with van der Waals surface area (Å²) in [7, 11) is 0. The van der Waals surface area contributed by atoms with Crippen molar-refractivity contribution >= 4 is 5.91 Å². The molecule has 1 aliphatic heterocycles. The largest absolute Gasteiger partial charge is 0.396 e. The van der Waals surface area contributed by atoms with Crippen LogP contribution in [0.5, 0.6) is 0 Å². The summed E-state index contributed by atoms with van der Waals surface area (Å²) in [6.45, 7) is 4.37. The molecule has 0 unspecified atom stereocenters. The number of hydrogen-bond acceptors (Lipinski definition) is 3. The second-order valence-corrected chi connectivity index (χ2v) is 5.69. The quantitative estimate of drug-likeness (QED) is 0.815. The number of carbonyl (C=O) groups excluding carboxylic acids is 1. The molecule has 1 heterocycles. The molecule has 0 spiro atoms. The minimum absolute atomic E-state index is 0.174. The number of aliphatic hydroxyl groups is 1. The first-order valence-electron chi connectivity index (χ1n) is 7.75. The lowest BCUT2D eigenvalue weighted by molar-refractivity contribution is -0.133. The van der Waals surface area contributed by atoms with Gasteiger partial charge in [0.2, 0.25) is 5.91 Å². The van der Waals surface area contributed by atoms with Gasteiger partial charge >= 0.3 is 0 Å². The van der Waals surface area contributed by atoms with Gasteiger partial charge in [-0.1, -0.05) is 29.8 Å². The Hall–Kier alpha value is -1.39. The molecule has 2 rings (SSSR count). The number of benzene rings is 1. The van der Waals surface area contributed by atoms with Gasteiger partial charge in [-0.3, -0.25) is 4.79 Å². The number of carbonyl (C=O) groups is 1. The molecule has 0 saturated carbocycles. The van der Waals surface area contributed by atoms with E-state index in [9.17, 15) is 4.79 Å². The number of rotatable bonds is 6. The smallest absolute Gasteiger partial charge is 0.226 e. The van der Waals surface area contributed by atoms with Crippen molar-refractivity contribution < 1.29 is 14.6 Å². The van der Waals surface area contributed by atoms with Crippen molar-refractivity contribution in [3.8, 4) is 0 Å². The number of likely N-dealkylation sites (tertiary alicyclic amines) is 1. The molecule has 116 valence electrons. The van der Waals surface area contributed by atoms with Crippen LogP contribution < -0.4 is 0 Å². The molecule has 1 N–H and O–H groups in total. The number of piperidine rings is 1. The molecule has 1 saturated heterocycles. The molecule has 0 bridgehead atoms. The molecule has 1 aliphatic rings. The van der Waals surface area contributed by atoms with E-state index in [0.29, 0.717) is 19.4 Å². The maximum atomic E-state index is 12.3. The zero-order valence-corrected chi connectivity index (χ0v) is 12.8. The van der Waals surface area contributed by atoms with Gasteiger partial charge in [0.05, 0.1) is 12.5 Å². The second kappa shape index (κ2) is 8.15. The van der Waals surface area contributed by atoms with Gasteiger partial charge in [-0.15, -0.1) is 0 Å². The average Bonchev–Trinajstić information content (AvgIpc) is 2.48. The molecule has 1 aromatic rings. The third-order valence-corrected chi connectivity index (χ3v) is 3.89. The van der Waals surface area contributed by atoms with Crippen LogP contribution in [0.15, 0.2) is 24.3 Å². The van der Waals surface area contributed by atoms with Crippen LogP contribution in [0.4, 0.5) is 0 Å². The Morgan fingerprint density at radius 3 is 2.81 bits per heavy atom. The minimum atomic E-state index is 0.174. The normalized spacial score (nSPS) is 16.2. The molecular weight excluding hydrogens is 266 g/mol. The summed E-state index contributed by atoms with van der Waals surface area (Å²) in [6.07, 6.45) is 3.19. The topological polar surface area (TPSA) is 49.8 Å². The van der Waals surface area contributed by atoms with E-state index in [4.69, 9.17) is 9.84 Å². The SMILES string of the molecule is Cc1cccc(CC(=O)N2CCC(OCCCO)CC2)c1. The maximum Gasteiger partial charge on any atom is 0.226 e. The Morgan fingerprint density at radius 2 is 2.14 bits per heavy atom. The van der Waals surface area contributed by atoms with Crippen LogP contribution in [-0.4, -0.2) is 48.3 Å². The fourth-order valence-corrected chi connectivity index (χ4v) is 2.69. The summed E-state index contributed by atoms with van der Waals surface area (Å²) in [5, 5.41) is 8.74. The lowest BCUT2D eigenvalue weighted by atomic mass is 10.0. The monoisotopic (exact) mass is 291 g/mol. The van der Waals surface area contributed by atoms with Crippen molar-refractivity contribution in [2.24, 2.45) is 0 Å². The summed E-state index contributed by atoms with van der Waals surface area (Å²) in [5.41, 5.74) is 2.28. The van der Waals surface area contributed by atoms with Crippen LogP contribution in [0.25, 0.3) is 0 Å². The highest BCUT2D eigenvalue weighted by atomic mass is 16.5. The first-order valence-corrected chi connectivity index (χ1v) is 7.75. The Bertz CT molecular complexity index is 453. The van der Waals surface area contributed by atoms with Crippen LogP contribution in [0.3, 0.4) is 0 Å². The van der Waals surface area contributed by atoms with E-state index in [-0.39, 0.29) is 18.6 Å². The molecule has 4 nitrogen and oxygen atoms in total. The van der Waals surface area contributed by atoms with E-state index in [1.54, 1.807) is 0 Å². The minimum Gasteiger partial charge on any atom is -0.396 e. The number of amides is 1. The van der Waals surface area contributed by atoms with Crippen LogP contribution in [-0.2, 0) is 16.0 Å². The highest BCUT2D eigenvalue weighted by Crippen LogP contribution is 2.15. The van der Waals surface area contributed by atoms with Crippen molar-refractivity contribution in [3.05, 3.63) is 35.4 Å². The molecule has 1 aromatic carbocycles. The van der Waals surface area contributed by atoms with E-state index in [0.717, 1.165) is 31.5 Å². The van der Waals surface area contributed by atoms with E-state index in [1.165, 1.54) is 5.56 Å². The van der Waals surface area contributed by atoms with Crippen molar-refractivity contribution in [2.45, 2.75) is 38.7 Å². The van der Waals surface area contributed by atoms with Gasteiger partial charge < -0.3 is 14.7 Å². The van der Waals surface area contributed by atoms with Gasteiger partial charge in [0.1, 0.15) is 0 Å². The predicted molar refractivity (Wildman–Crippen MR) is 82.1 cm³/mol. The number of hydrogen-bond donors (Lipinski definition) is 1. The number of nitrogens with zero attached hydrogens (tertiary/aromatic N) is 1. The number of ether oxygens (including phenoxy) is 1. The fraction of sp³-hybridized carbons (Fsp3) is 0.588. The zero-order valence-electron chi connectivity index (χ0n) is 12.8. The third-order valence-electron chi connectivity index (χ3n) is 3.89. The summed E-state index contributed by atoms with van der Waals surface area (Å²) >= 11 is 0. The zero-order chi connectivity index (χ0) is 15.1. The van der Waals surface area contributed by atoms with Gasteiger partial charge in [0, 0.05) is 26.3 Å². The van der Waals surface area contributed by atoms with Crippen molar-refractivity contribution in [2.75, 3.05) is 26.3 Å². The van der Waals surface area contributed by atoms with Crippen molar-refractivity contribution in [1.82, 2.24) is 4.90 Å². The highest BCUT2D eigenvalue weighted by molar-refractivity contribution is 5.78. The Morgan fingerprint density at radius 1 is 1.38 bits per heavy atom. The summed E-state index contributed by atoms with van der Waals surface area (Å²) in [5.74, 6) is 0.203. The lowest BCUT2D eigenvalue weighted by Gasteiger charge is -2.32. The molecule has 21 heavy (non-hydrogen) atoms. The Balaban J connectivity index is 1.75. The average molecular weight is 291 g/mol. The first-order chi connectivity index (χ1) is 10.2. The third kappa shape index (κ3) is 5.14. The van der Waals surface area contributed by atoms with Gasteiger partial charge in [-0.05, 0) is 31.7 Å². The molecule has 4 heteroatoms. The van der Waals surface area contributed by atoms with Crippen LogP contribution in [0, 0.1) is 6.92 Å². The number of aliphatic hydroxyl groups excluding tert-OH is 1. The van der Waals surface area contributed by atoms with Crippen molar-refractivity contribution in [1.29, 1.82) is 0 Å². The molecule has 0 atom stereocenters. The van der Waals surface area contributed by atoms with Crippen molar-refractivity contribution in [3.63, 3.8) is 0 Å². The van der Waals surface area contributed by atoms with Crippen LogP contribution >= 0.6 is 0 Å². The summed E-state index contributed by atoms with van der Waals surface area (Å²) < 4.78 is 5.69. The van der Waals surface area contributed by atoms with Crippen LogP contribution in [0.2, 0.25) is 0 Å². The molecule has 0 radical (unpaired) electrons.